The Balaban J connectivity index is 2.96. The number of benzene rings is 1. The number of halogens is 2. The highest BCUT2D eigenvalue weighted by Crippen LogP contribution is 2.16. The maximum Gasteiger partial charge on any atom is 0.219 e. The van der Waals surface area contributed by atoms with Gasteiger partial charge in [0.25, 0.3) is 0 Å². The molecule has 0 aliphatic heterocycles. The number of rotatable bonds is 2. The third-order valence-electron chi connectivity index (χ3n) is 1.52. The Hall–Kier alpha value is -0.530. The van der Waals surface area contributed by atoms with Crippen LogP contribution in [0.2, 0.25) is 5.02 Å². The van der Waals surface area contributed by atoms with Crippen molar-refractivity contribution in [1.82, 2.24) is 0 Å². The van der Waals surface area contributed by atoms with E-state index in [4.69, 9.17) is 11.6 Å². The highest BCUT2D eigenvalue weighted by molar-refractivity contribution is 14.1. The van der Waals surface area contributed by atoms with Crippen LogP contribution in [0.4, 0.5) is 0 Å². The molecule has 65 valence electrons. The molecule has 1 unspecified atom stereocenters. The SMILES string of the molecule is O=[C]C(C#CI)c1ccc(Cl)cc1. The Kier molecular flexibility index (Phi) is 4.26. The van der Waals surface area contributed by atoms with Crippen LogP contribution in [-0.2, 0) is 4.79 Å². The van der Waals surface area contributed by atoms with Crippen LogP contribution in [0.3, 0.4) is 0 Å². The average Bonchev–Trinajstić information content (AvgIpc) is 2.16. The second kappa shape index (κ2) is 5.25. The van der Waals surface area contributed by atoms with Crippen molar-refractivity contribution in [3.8, 4) is 9.85 Å². The topological polar surface area (TPSA) is 17.1 Å². The normalized spacial score (nSPS) is 11.2. The molecule has 0 saturated heterocycles. The van der Waals surface area contributed by atoms with Crippen molar-refractivity contribution in [2.45, 2.75) is 5.92 Å². The maximum atomic E-state index is 10.5. The largest absolute Gasteiger partial charge is 0.289 e. The molecule has 0 amide bonds. The maximum absolute atomic E-state index is 10.5. The van der Waals surface area contributed by atoms with E-state index in [1.165, 1.54) is 0 Å². The van der Waals surface area contributed by atoms with Gasteiger partial charge in [-0.05, 0) is 21.6 Å². The van der Waals surface area contributed by atoms with E-state index in [9.17, 15) is 4.79 Å². The Labute approximate surface area is 95.6 Å². The zero-order valence-electron chi connectivity index (χ0n) is 6.55. The predicted octanol–water partition coefficient (Wildman–Crippen LogP) is 2.93. The minimum atomic E-state index is -0.464. The molecule has 1 aromatic carbocycles. The van der Waals surface area contributed by atoms with Gasteiger partial charge >= 0.3 is 0 Å². The van der Waals surface area contributed by atoms with Gasteiger partial charge in [-0.3, -0.25) is 4.79 Å². The minimum Gasteiger partial charge on any atom is -0.289 e. The van der Waals surface area contributed by atoms with E-state index in [1.807, 2.05) is 28.9 Å². The summed E-state index contributed by atoms with van der Waals surface area (Å²) in [6, 6.07) is 7.02. The van der Waals surface area contributed by atoms with Crippen molar-refractivity contribution in [2.75, 3.05) is 0 Å². The highest BCUT2D eigenvalue weighted by Gasteiger charge is 2.06. The smallest absolute Gasteiger partial charge is 0.219 e. The molecule has 1 rings (SSSR count). The standard InChI is InChI=1S/C10H5ClIO/c11-10-3-1-8(2-4-10)9(7-13)5-6-12/h1-4,9H. The van der Waals surface area contributed by atoms with Gasteiger partial charge in [-0.15, -0.1) is 0 Å². The van der Waals surface area contributed by atoms with E-state index < -0.39 is 5.92 Å². The third kappa shape index (κ3) is 3.02. The number of carbonyl (C=O) groups excluding carboxylic acids is 1. The summed E-state index contributed by atoms with van der Waals surface area (Å²) in [6.45, 7) is 0. The molecule has 1 atom stereocenters. The fourth-order valence-electron chi connectivity index (χ4n) is 0.891. The molecule has 0 N–H and O–H groups in total. The first kappa shape index (κ1) is 10.6. The Bertz CT molecular complexity index is 347. The quantitative estimate of drug-likeness (QED) is 0.606. The number of hydrogen-bond acceptors (Lipinski definition) is 1. The second-order valence-corrected chi connectivity index (χ2v) is 3.32. The molecule has 0 bridgehead atoms. The van der Waals surface area contributed by atoms with Crippen LogP contribution in [0, 0.1) is 9.85 Å². The lowest BCUT2D eigenvalue weighted by Crippen LogP contribution is -1.95. The van der Waals surface area contributed by atoms with Gasteiger partial charge in [0.05, 0.1) is 0 Å². The molecule has 0 aromatic heterocycles. The predicted molar refractivity (Wildman–Crippen MR) is 61.7 cm³/mol. The van der Waals surface area contributed by atoms with Crippen molar-refractivity contribution in [2.24, 2.45) is 0 Å². The molecule has 0 aliphatic carbocycles. The number of hydrogen-bond donors (Lipinski definition) is 0. The first-order valence-corrected chi connectivity index (χ1v) is 4.98. The van der Waals surface area contributed by atoms with Crippen LogP contribution < -0.4 is 0 Å². The molecule has 0 saturated carbocycles. The summed E-state index contributed by atoms with van der Waals surface area (Å²) in [5.74, 6) is 2.27. The van der Waals surface area contributed by atoms with Crippen LogP contribution >= 0.6 is 34.2 Å². The van der Waals surface area contributed by atoms with E-state index >= 15 is 0 Å². The fourth-order valence-corrected chi connectivity index (χ4v) is 1.33. The van der Waals surface area contributed by atoms with Gasteiger partial charge in [-0.2, -0.15) is 0 Å². The van der Waals surface area contributed by atoms with Gasteiger partial charge in [-0.1, -0.05) is 29.7 Å². The molecule has 0 heterocycles. The zero-order chi connectivity index (χ0) is 9.68. The van der Waals surface area contributed by atoms with E-state index in [0.29, 0.717) is 5.02 Å². The first-order chi connectivity index (χ1) is 6.27. The Morgan fingerprint density at radius 3 is 2.38 bits per heavy atom. The van der Waals surface area contributed by atoms with Gasteiger partial charge < -0.3 is 0 Å². The second-order valence-electron chi connectivity index (χ2n) is 2.34. The fraction of sp³-hybridized carbons (Fsp3) is 0.100. The van der Waals surface area contributed by atoms with Crippen LogP contribution in [-0.4, -0.2) is 6.29 Å². The summed E-state index contributed by atoms with van der Waals surface area (Å²) in [5, 5.41) is 0.649. The van der Waals surface area contributed by atoms with Crippen molar-refractivity contribution in [1.29, 1.82) is 0 Å². The van der Waals surface area contributed by atoms with E-state index in [2.05, 4.69) is 9.85 Å². The van der Waals surface area contributed by atoms with Crippen LogP contribution in [0.25, 0.3) is 0 Å². The van der Waals surface area contributed by atoms with Crippen molar-refractivity contribution in [3.63, 3.8) is 0 Å². The molecule has 1 nitrogen and oxygen atoms in total. The molecule has 0 aliphatic rings. The molecular formula is C10H5ClIO. The van der Waals surface area contributed by atoms with E-state index in [1.54, 1.807) is 24.3 Å². The summed E-state index contributed by atoms with van der Waals surface area (Å²) in [5.41, 5.74) is 0.823. The highest BCUT2D eigenvalue weighted by atomic mass is 127. The zero-order valence-corrected chi connectivity index (χ0v) is 9.46. The van der Waals surface area contributed by atoms with Gasteiger partial charge in [0.1, 0.15) is 5.92 Å². The lowest BCUT2D eigenvalue weighted by Gasteiger charge is -2.00. The Morgan fingerprint density at radius 2 is 1.92 bits per heavy atom. The van der Waals surface area contributed by atoms with E-state index in [-0.39, 0.29) is 0 Å². The minimum absolute atomic E-state index is 0.464. The molecule has 1 aromatic rings. The van der Waals surface area contributed by atoms with Gasteiger partial charge in [0.15, 0.2) is 0 Å². The summed E-state index contributed by atoms with van der Waals surface area (Å²) in [4.78, 5) is 10.5. The average molecular weight is 304 g/mol. The van der Waals surface area contributed by atoms with Crippen LogP contribution in [0.1, 0.15) is 11.5 Å². The van der Waals surface area contributed by atoms with Crippen LogP contribution in [0.15, 0.2) is 24.3 Å². The monoisotopic (exact) mass is 303 g/mol. The molecule has 0 fully saturated rings. The molecular weight excluding hydrogens is 298 g/mol. The summed E-state index contributed by atoms with van der Waals surface area (Å²) >= 11 is 7.59. The molecule has 0 spiro atoms. The summed E-state index contributed by atoms with van der Waals surface area (Å²) in [6.07, 6.45) is 1.87. The summed E-state index contributed by atoms with van der Waals surface area (Å²) in [7, 11) is 0. The van der Waals surface area contributed by atoms with Gasteiger partial charge in [0.2, 0.25) is 6.29 Å². The molecule has 1 radical (unpaired) electrons. The lowest BCUT2D eigenvalue weighted by molar-refractivity contribution is 0.551. The third-order valence-corrected chi connectivity index (χ3v) is 2.08. The van der Waals surface area contributed by atoms with Crippen molar-refractivity contribution >= 4 is 40.5 Å². The molecule has 3 heteroatoms. The Morgan fingerprint density at radius 1 is 1.31 bits per heavy atom. The summed E-state index contributed by atoms with van der Waals surface area (Å²) < 4.78 is 2.66. The van der Waals surface area contributed by atoms with Gasteiger partial charge in [-0.25, -0.2) is 0 Å². The first-order valence-electron chi connectivity index (χ1n) is 3.52. The van der Waals surface area contributed by atoms with E-state index in [0.717, 1.165) is 5.56 Å². The van der Waals surface area contributed by atoms with Gasteiger partial charge in [0, 0.05) is 27.6 Å². The van der Waals surface area contributed by atoms with Crippen molar-refractivity contribution in [3.05, 3.63) is 34.9 Å². The molecule has 13 heavy (non-hydrogen) atoms. The lowest BCUT2D eigenvalue weighted by atomic mass is 10.0. The van der Waals surface area contributed by atoms with Crippen molar-refractivity contribution < 1.29 is 4.79 Å². The van der Waals surface area contributed by atoms with Crippen LogP contribution in [0.5, 0.6) is 0 Å².